The van der Waals surface area contributed by atoms with Crippen LogP contribution in [0.1, 0.15) is 50.3 Å². The molecule has 2 aliphatic heterocycles. The molecule has 3 heterocycles. The number of aromatic nitrogens is 2. The summed E-state index contributed by atoms with van der Waals surface area (Å²) in [6.45, 7) is 14.2. The normalized spacial score (nSPS) is 17.4. The fourth-order valence-corrected chi connectivity index (χ4v) is 6.48. The molecule has 6 nitrogen and oxygen atoms in total. The predicted molar refractivity (Wildman–Crippen MR) is 157 cm³/mol. The molecular weight excluding hydrogens is 476 g/mol. The third kappa shape index (κ3) is 6.21. The zero-order chi connectivity index (χ0) is 25.9. The molecule has 1 fully saturated rings. The number of nitrogens with zero attached hydrogens (tertiary/aromatic N) is 4. The minimum atomic E-state index is 0.399. The molecular formula is C30H42N6S. The van der Waals surface area contributed by atoms with Gasteiger partial charge in [-0.2, -0.15) is 0 Å². The van der Waals surface area contributed by atoms with E-state index in [2.05, 4.69) is 89.9 Å². The lowest BCUT2D eigenvalue weighted by Crippen LogP contribution is -2.32. The molecule has 1 unspecified atom stereocenters. The highest BCUT2D eigenvalue weighted by atomic mass is 32.2. The van der Waals surface area contributed by atoms with Gasteiger partial charge in [-0.1, -0.05) is 19.9 Å². The molecule has 0 saturated carbocycles. The van der Waals surface area contributed by atoms with E-state index in [1.54, 1.807) is 6.33 Å². The lowest BCUT2D eigenvalue weighted by atomic mass is 9.98. The van der Waals surface area contributed by atoms with E-state index >= 15 is 0 Å². The molecule has 0 aliphatic carbocycles. The molecule has 0 bridgehead atoms. The van der Waals surface area contributed by atoms with Crippen molar-refractivity contribution in [1.29, 1.82) is 0 Å². The Bertz CT molecular complexity index is 1220. The summed E-state index contributed by atoms with van der Waals surface area (Å²) in [4.78, 5) is 13.2. The molecule has 0 spiro atoms. The summed E-state index contributed by atoms with van der Waals surface area (Å²) in [6.07, 6.45) is 5.33. The van der Waals surface area contributed by atoms with Gasteiger partial charge in [0.2, 0.25) is 0 Å². The van der Waals surface area contributed by atoms with Gasteiger partial charge in [-0.15, -0.1) is 0 Å². The first-order chi connectivity index (χ1) is 17.9. The quantitative estimate of drug-likeness (QED) is 0.360. The summed E-state index contributed by atoms with van der Waals surface area (Å²) in [5.41, 5.74) is 6.26. The third-order valence-corrected chi connectivity index (χ3v) is 8.95. The molecule has 198 valence electrons. The molecule has 7 heteroatoms. The van der Waals surface area contributed by atoms with E-state index in [0.29, 0.717) is 12.0 Å². The molecule has 1 saturated heterocycles. The van der Waals surface area contributed by atoms with Crippen LogP contribution in [0, 0.1) is 18.8 Å². The Morgan fingerprint density at radius 1 is 1.11 bits per heavy atom. The highest BCUT2D eigenvalue weighted by Gasteiger charge is 2.22. The van der Waals surface area contributed by atoms with Crippen LogP contribution in [0.3, 0.4) is 0 Å². The van der Waals surface area contributed by atoms with Crippen molar-refractivity contribution in [2.45, 2.75) is 64.4 Å². The molecule has 2 aromatic carbocycles. The molecule has 37 heavy (non-hydrogen) atoms. The molecule has 5 rings (SSSR count). The van der Waals surface area contributed by atoms with E-state index in [0.717, 1.165) is 67.5 Å². The van der Waals surface area contributed by atoms with Gasteiger partial charge in [-0.25, -0.2) is 14.3 Å². The Kier molecular flexibility index (Phi) is 8.22. The largest absolute Gasteiger partial charge is 0.382 e. The zero-order valence-corrected chi connectivity index (χ0v) is 23.9. The number of anilines is 2. The second kappa shape index (κ2) is 11.6. The number of nitrogens with one attached hydrogen (secondary N) is 2. The van der Waals surface area contributed by atoms with Gasteiger partial charge in [0.1, 0.15) is 12.1 Å². The van der Waals surface area contributed by atoms with Crippen molar-refractivity contribution in [3.8, 4) is 0 Å². The number of piperidine rings is 1. The molecule has 2 N–H and O–H groups in total. The Morgan fingerprint density at radius 2 is 1.92 bits per heavy atom. The molecule has 0 amide bonds. The van der Waals surface area contributed by atoms with E-state index in [9.17, 15) is 0 Å². The standard InChI is InChI=1S/C30H42N6S/c1-20(2)22(4)34-26-14-21(3)29-28(16-26)30(33-19-32-29)36-13-10-24-6-7-27(15-25(24)18-36)37-35(5)17-23-8-11-31-12-9-23/h6-7,14-16,19-20,22-23,31,34H,8-13,17-18H2,1-5H3. The summed E-state index contributed by atoms with van der Waals surface area (Å²) in [7, 11) is 2.24. The average Bonchev–Trinajstić information content (AvgIpc) is 2.88. The Labute approximate surface area is 226 Å². The van der Waals surface area contributed by atoms with Gasteiger partial charge >= 0.3 is 0 Å². The van der Waals surface area contributed by atoms with Gasteiger partial charge in [0.15, 0.2) is 0 Å². The summed E-state index contributed by atoms with van der Waals surface area (Å²) >= 11 is 1.88. The highest BCUT2D eigenvalue weighted by Crippen LogP contribution is 2.34. The van der Waals surface area contributed by atoms with Crippen LogP contribution in [-0.2, 0) is 13.0 Å². The first kappa shape index (κ1) is 26.3. The fraction of sp³-hybridized carbons (Fsp3) is 0.533. The summed E-state index contributed by atoms with van der Waals surface area (Å²) in [6, 6.07) is 11.9. The summed E-state index contributed by atoms with van der Waals surface area (Å²) < 4.78 is 2.42. The van der Waals surface area contributed by atoms with Crippen molar-refractivity contribution in [2.24, 2.45) is 11.8 Å². The second-order valence-electron chi connectivity index (χ2n) is 11.3. The topological polar surface area (TPSA) is 56.3 Å². The highest BCUT2D eigenvalue weighted by molar-refractivity contribution is 7.97. The Morgan fingerprint density at radius 3 is 2.70 bits per heavy atom. The van der Waals surface area contributed by atoms with Crippen LogP contribution in [0.2, 0.25) is 0 Å². The number of benzene rings is 2. The van der Waals surface area contributed by atoms with Gasteiger partial charge in [0.05, 0.1) is 5.52 Å². The van der Waals surface area contributed by atoms with Gasteiger partial charge in [-0.3, -0.25) is 0 Å². The molecule has 0 radical (unpaired) electrons. The minimum absolute atomic E-state index is 0.399. The summed E-state index contributed by atoms with van der Waals surface area (Å²) in [5.74, 6) is 2.40. The van der Waals surface area contributed by atoms with Crippen LogP contribution in [0.5, 0.6) is 0 Å². The van der Waals surface area contributed by atoms with Gasteiger partial charge in [0, 0.05) is 41.6 Å². The molecule has 2 aliphatic rings. The van der Waals surface area contributed by atoms with Crippen molar-refractivity contribution < 1.29 is 0 Å². The van der Waals surface area contributed by atoms with Crippen LogP contribution in [0.15, 0.2) is 41.6 Å². The maximum atomic E-state index is 4.80. The molecule has 1 aromatic heterocycles. The monoisotopic (exact) mass is 518 g/mol. The van der Waals surface area contributed by atoms with E-state index in [-0.39, 0.29) is 0 Å². The van der Waals surface area contributed by atoms with Crippen LogP contribution in [0.25, 0.3) is 10.9 Å². The summed E-state index contributed by atoms with van der Waals surface area (Å²) in [5, 5.41) is 8.30. The van der Waals surface area contributed by atoms with Crippen LogP contribution in [0.4, 0.5) is 11.5 Å². The average molecular weight is 519 g/mol. The van der Waals surface area contributed by atoms with Gasteiger partial charge in [0.25, 0.3) is 0 Å². The van der Waals surface area contributed by atoms with Gasteiger partial charge in [-0.05, 0) is 118 Å². The third-order valence-electron chi connectivity index (χ3n) is 8.03. The zero-order valence-electron chi connectivity index (χ0n) is 23.1. The van der Waals surface area contributed by atoms with Crippen molar-refractivity contribution >= 4 is 34.4 Å². The molecule has 3 aromatic rings. The number of hydrogen-bond acceptors (Lipinski definition) is 7. The van der Waals surface area contributed by atoms with Crippen LogP contribution < -0.4 is 15.5 Å². The Balaban J connectivity index is 1.35. The van der Waals surface area contributed by atoms with Crippen molar-refractivity contribution in [3.05, 3.63) is 53.3 Å². The van der Waals surface area contributed by atoms with E-state index in [1.807, 2.05) is 11.9 Å². The minimum Gasteiger partial charge on any atom is -0.382 e. The Hall–Kier alpha value is -2.35. The lowest BCUT2D eigenvalue weighted by molar-refractivity contribution is 0.323. The van der Waals surface area contributed by atoms with Crippen molar-refractivity contribution in [2.75, 3.05) is 43.4 Å². The number of aryl methyl sites for hydroxylation is 1. The lowest BCUT2D eigenvalue weighted by Gasteiger charge is -2.31. The first-order valence-corrected chi connectivity index (χ1v) is 14.6. The predicted octanol–water partition coefficient (Wildman–Crippen LogP) is 5.90. The maximum Gasteiger partial charge on any atom is 0.140 e. The van der Waals surface area contributed by atoms with Crippen molar-refractivity contribution in [1.82, 2.24) is 19.6 Å². The van der Waals surface area contributed by atoms with E-state index in [4.69, 9.17) is 4.98 Å². The van der Waals surface area contributed by atoms with Gasteiger partial charge < -0.3 is 15.5 Å². The maximum absolute atomic E-state index is 4.80. The van der Waals surface area contributed by atoms with Crippen LogP contribution >= 0.6 is 11.9 Å². The SMILES string of the molecule is Cc1cc(NC(C)C(C)C)cc2c(N3CCc4ccc(SN(C)CC5CCNCC5)cc4C3)ncnc12. The van der Waals surface area contributed by atoms with Crippen LogP contribution in [-0.4, -0.2) is 53.5 Å². The first-order valence-electron chi connectivity index (χ1n) is 13.9. The molecule has 1 atom stereocenters. The van der Waals surface area contributed by atoms with E-state index in [1.165, 1.54) is 34.4 Å². The number of fused-ring (bicyclic) bond motifs is 2. The number of rotatable bonds is 8. The van der Waals surface area contributed by atoms with E-state index < -0.39 is 0 Å². The fourth-order valence-electron chi connectivity index (χ4n) is 5.51. The number of hydrogen-bond donors (Lipinski definition) is 2. The second-order valence-corrected chi connectivity index (χ2v) is 12.5. The smallest absolute Gasteiger partial charge is 0.140 e. The van der Waals surface area contributed by atoms with Crippen molar-refractivity contribution in [3.63, 3.8) is 0 Å².